The van der Waals surface area contributed by atoms with Crippen LogP contribution < -0.4 is 5.32 Å². The highest BCUT2D eigenvalue weighted by Gasteiger charge is 2.41. The topological polar surface area (TPSA) is 79.5 Å². The number of carboxylic acids is 1. The van der Waals surface area contributed by atoms with Crippen molar-refractivity contribution in [3.05, 3.63) is 23.7 Å². The molecule has 17 heavy (non-hydrogen) atoms. The van der Waals surface area contributed by atoms with Crippen LogP contribution in [0.5, 0.6) is 0 Å². The average Bonchev–Trinajstić information content (AvgIpc) is 2.60. The van der Waals surface area contributed by atoms with E-state index in [1.165, 1.54) is 6.26 Å². The fraction of sp³-hybridized carbons (Fsp3) is 0.500. The Morgan fingerprint density at radius 2 is 2.24 bits per heavy atom. The fourth-order valence-corrected chi connectivity index (χ4v) is 2.14. The smallest absolute Gasteiger partial charge is 0.305 e. The van der Waals surface area contributed by atoms with Crippen LogP contribution in [-0.2, 0) is 4.79 Å². The third-order valence-corrected chi connectivity index (χ3v) is 3.25. The summed E-state index contributed by atoms with van der Waals surface area (Å²) in [5.41, 5.74) is 0.176. The second-order valence-electron chi connectivity index (χ2n) is 4.59. The molecular formula is C12H15NO4. The number of aryl methyl sites for hydroxylation is 1. The van der Waals surface area contributed by atoms with Crippen molar-refractivity contribution in [1.29, 1.82) is 0 Å². The summed E-state index contributed by atoms with van der Waals surface area (Å²) in [6.45, 7) is 1.78. The van der Waals surface area contributed by atoms with Gasteiger partial charge in [-0.3, -0.25) is 9.59 Å². The summed E-state index contributed by atoms with van der Waals surface area (Å²) in [5.74, 6) is -0.948. The lowest BCUT2D eigenvalue weighted by Crippen LogP contribution is -2.54. The molecule has 0 radical (unpaired) electrons. The molecule has 0 spiro atoms. The van der Waals surface area contributed by atoms with Crippen LogP contribution >= 0.6 is 0 Å². The Morgan fingerprint density at radius 3 is 2.65 bits per heavy atom. The number of carbonyl (C=O) groups excluding carboxylic acids is 1. The second kappa shape index (κ2) is 4.24. The molecule has 0 bridgehead atoms. The minimum atomic E-state index is -0.888. The molecule has 2 N–H and O–H groups in total. The number of amides is 1. The fourth-order valence-electron chi connectivity index (χ4n) is 2.14. The molecule has 1 saturated carbocycles. The third-order valence-electron chi connectivity index (χ3n) is 3.25. The van der Waals surface area contributed by atoms with Gasteiger partial charge in [0.2, 0.25) is 0 Å². The molecule has 92 valence electrons. The van der Waals surface area contributed by atoms with Crippen molar-refractivity contribution in [2.75, 3.05) is 0 Å². The van der Waals surface area contributed by atoms with Crippen molar-refractivity contribution in [2.45, 2.75) is 38.1 Å². The summed E-state index contributed by atoms with van der Waals surface area (Å²) in [6.07, 6.45) is 3.80. The van der Waals surface area contributed by atoms with Gasteiger partial charge in [0.25, 0.3) is 5.91 Å². The van der Waals surface area contributed by atoms with Gasteiger partial charge >= 0.3 is 5.97 Å². The average molecular weight is 237 g/mol. The standard InChI is InChI=1S/C12H15NO4/c1-8-3-6-17-10(8)11(16)13-12(4-2-5-12)7-9(14)15/h3,6H,2,4-5,7H2,1H3,(H,13,16)(H,14,15). The summed E-state index contributed by atoms with van der Waals surface area (Å²) >= 11 is 0. The van der Waals surface area contributed by atoms with Crippen LogP contribution in [0.3, 0.4) is 0 Å². The van der Waals surface area contributed by atoms with Crippen LogP contribution in [0.1, 0.15) is 41.8 Å². The van der Waals surface area contributed by atoms with E-state index in [0.29, 0.717) is 12.8 Å². The number of rotatable bonds is 4. The lowest BCUT2D eigenvalue weighted by molar-refractivity contribution is -0.139. The number of nitrogens with one attached hydrogen (secondary N) is 1. The molecule has 1 fully saturated rings. The molecule has 0 aliphatic heterocycles. The maximum Gasteiger partial charge on any atom is 0.305 e. The van der Waals surface area contributed by atoms with Gasteiger partial charge in [0.1, 0.15) is 0 Å². The predicted octanol–water partition coefficient (Wildman–Crippen LogP) is 1.72. The Kier molecular flexibility index (Phi) is 2.92. The van der Waals surface area contributed by atoms with Gasteiger partial charge in [0.15, 0.2) is 5.76 Å². The van der Waals surface area contributed by atoms with Gasteiger partial charge in [0.05, 0.1) is 18.2 Å². The number of carboxylic acid groups (broad SMARTS) is 1. The minimum Gasteiger partial charge on any atom is -0.481 e. The van der Waals surface area contributed by atoms with E-state index in [1.807, 2.05) is 0 Å². The molecule has 1 aromatic heterocycles. The Balaban J connectivity index is 2.07. The largest absolute Gasteiger partial charge is 0.481 e. The van der Waals surface area contributed by atoms with Crippen molar-refractivity contribution < 1.29 is 19.1 Å². The minimum absolute atomic E-state index is 0.0293. The molecule has 1 amide bonds. The Bertz CT molecular complexity index is 445. The molecule has 2 rings (SSSR count). The summed E-state index contributed by atoms with van der Waals surface area (Å²) in [4.78, 5) is 22.7. The molecule has 1 heterocycles. The summed E-state index contributed by atoms with van der Waals surface area (Å²) < 4.78 is 5.09. The van der Waals surface area contributed by atoms with Crippen LogP contribution in [-0.4, -0.2) is 22.5 Å². The normalized spacial score (nSPS) is 17.2. The van der Waals surface area contributed by atoms with E-state index < -0.39 is 11.5 Å². The number of hydrogen-bond acceptors (Lipinski definition) is 3. The number of furan rings is 1. The molecule has 5 nitrogen and oxygen atoms in total. The number of carbonyl (C=O) groups is 2. The maximum absolute atomic E-state index is 11.9. The maximum atomic E-state index is 11.9. The summed E-state index contributed by atoms with van der Waals surface area (Å²) in [5, 5.41) is 11.6. The van der Waals surface area contributed by atoms with Crippen molar-refractivity contribution in [3.8, 4) is 0 Å². The lowest BCUT2D eigenvalue weighted by atomic mass is 9.74. The Morgan fingerprint density at radius 1 is 1.53 bits per heavy atom. The molecule has 1 aliphatic carbocycles. The number of hydrogen-bond donors (Lipinski definition) is 2. The van der Waals surface area contributed by atoms with Crippen LogP contribution in [0.25, 0.3) is 0 Å². The first-order valence-electron chi connectivity index (χ1n) is 5.61. The van der Waals surface area contributed by atoms with Gasteiger partial charge < -0.3 is 14.8 Å². The van der Waals surface area contributed by atoms with E-state index >= 15 is 0 Å². The molecule has 0 saturated heterocycles. The molecule has 0 atom stereocenters. The first kappa shape index (κ1) is 11.7. The highest BCUT2D eigenvalue weighted by Crippen LogP contribution is 2.35. The zero-order chi connectivity index (χ0) is 12.5. The lowest BCUT2D eigenvalue weighted by Gasteiger charge is -2.41. The first-order chi connectivity index (χ1) is 8.02. The molecule has 5 heteroatoms. The van der Waals surface area contributed by atoms with Gasteiger partial charge in [0, 0.05) is 5.56 Å². The van der Waals surface area contributed by atoms with Gasteiger partial charge in [-0.05, 0) is 32.3 Å². The van der Waals surface area contributed by atoms with Crippen molar-refractivity contribution >= 4 is 11.9 Å². The first-order valence-corrected chi connectivity index (χ1v) is 5.61. The molecule has 0 unspecified atom stereocenters. The molecule has 1 aromatic rings. The third kappa shape index (κ3) is 2.33. The summed E-state index contributed by atoms with van der Waals surface area (Å²) in [6, 6.07) is 1.71. The van der Waals surface area contributed by atoms with E-state index in [0.717, 1.165) is 12.0 Å². The molecular weight excluding hydrogens is 222 g/mol. The van der Waals surface area contributed by atoms with Crippen molar-refractivity contribution in [1.82, 2.24) is 5.32 Å². The Hall–Kier alpha value is -1.78. The molecule has 0 aromatic carbocycles. The SMILES string of the molecule is Cc1ccoc1C(=O)NC1(CC(=O)O)CCC1. The number of aliphatic carboxylic acids is 1. The highest BCUT2D eigenvalue weighted by atomic mass is 16.4. The van der Waals surface area contributed by atoms with E-state index in [9.17, 15) is 9.59 Å². The van der Waals surface area contributed by atoms with Gasteiger partial charge in [-0.25, -0.2) is 0 Å². The quantitative estimate of drug-likeness (QED) is 0.835. The van der Waals surface area contributed by atoms with Crippen LogP contribution in [0.2, 0.25) is 0 Å². The van der Waals surface area contributed by atoms with Crippen molar-refractivity contribution in [3.63, 3.8) is 0 Å². The van der Waals surface area contributed by atoms with Gasteiger partial charge in [-0.1, -0.05) is 0 Å². The summed E-state index contributed by atoms with van der Waals surface area (Å²) in [7, 11) is 0. The Labute approximate surface area is 98.8 Å². The van der Waals surface area contributed by atoms with E-state index in [2.05, 4.69) is 5.32 Å². The zero-order valence-corrected chi connectivity index (χ0v) is 9.66. The monoisotopic (exact) mass is 237 g/mol. The van der Waals surface area contributed by atoms with Crippen molar-refractivity contribution in [2.24, 2.45) is 0 Å². The van der Waals surface area contributed by atoms with E-state index in [-0.39, 0.29) is 18.1 Å². The van der Waals surface area contributed by atoms with Crippen LogP contribution in [0.15, 0.2) is 16.7 Å². The van der Waals surface area contributed by atoms with Gasteiger partial charge in [-0.15, -0.1) is 0 Å². The highest BCUT2D eigenvalue weighted by molar-refractivity contribution is 5.93. The molecule has 1 aliphatic rings. The van der Waals surface area contributed by atoms with Crippen LogP contribution in [0.4, 0.5) is 0 Å². The van der Waals surface area contributed by atoms with Crippen LogP contribution in [0, 0.1) is 6.92 Å². The van der Waals surface area contributed by atoms with E-state index in [4.69, 9.17) is 9.52 Å². The van der Waals surface area contributed by atoms with Gasteiger partial charge in [-0.2, -0.15) is 0 Å². The predicted molar refractivity (Wildman–Crippen MR) is 59.7 cm³/mol. The zero-order valence-electron chi connectivity index (χ0n) is 9.66. The second-order valence-corrected chi connectivity index (χ2v) is 4.59. The van der Waals surface area contributed by atoms with E-state index in [1.54, 1.807) is 13.0 Å².